The summed E-state index contributed by atoms with van der Waals surface area (Å²) < 4.78 is 8.47. The Bertz CT molecular complexity index is 916. The van der Waals surface area contributed by atoms with Gasteiger partial charge in [0.2, 0.25) is 0 Å². The number of carbonyl (C=O) groups excluding carboxylic acids is 1. The second-order valence-corrected chi connectivity index (χ2v) is 9.53. The molecule has 2 aromatic carbocycles. The Morgan fingerprint density at radius 3 is 2.37 bits per heavy atom. The molecule has 0 saturated carbocycles. The van der Waals surface area contributed by atoms with Crippen molar-refractivity contribution < 1.29 is 9.53 Å². The summed E-state index contributed by atoms with van der Waals surface area (Å²) in [7, 11) is 3.83. The van der Waals surface area contributed by atoms with Crippen molar-refractivity contribution in [1.82, 2.24) is 9.80 Å². The Morgan fingerprint density at radius 2 is 1.78 bits per heavy atom. The molecule has 0 aliphatic carbocycles. The van der Waals surface area contributed by atoms with Crippen LogP contribution in [0.3, 0.4) is 0 Å². The van der Waals surface area contributed by atoms with Gasteiger partial charge in [-0.1, -0.05) is 46.3 Å². The van der Waals surface area contributed by atoms with Gasteiger partial charge in [-0.2, -0.15) is 0 Å². The second-order valence-electron chi connectivity index (χ2n) is 7.76. The minimum atomic E-state index is -1.08. The van der Waals surface area contributed by atoms with E-state index in [1.807, 2.05) is 38.4 Å². The quantitative estimate of drug-likeness (QED) is 0.573. The van der Waals surface area contributed by atoms with E-state index < -0.39 is 11.4 Å². The number of benzene rings is 2. The summed E-state index contributed by atoms with van der Waals surface area (Å²) in [6.07, 6.45) is 0.720. The predicted octanol–water partition coefficient (Wildman–Crippen LogP) is 4.77. The van der Waals surface area contributed by atoms with Crippen molar-refractivity contribution in [2.45, 2.75) is 37.6 Å². The summed E-state index contributed by atoms with van der Waals surface area (Å²) in [5, 5.41) is 0. The summed E-state index contributed by atoms with van der Waals surface area (Å²) in [5.74, 6) is 0.620. The van der Waals surface area contributed by atoms with Crippen molar-refractivity contribution in [2.24, 2.45) is 0 Å². The molecule has 0 bridgehead atoms. The number of carbonyl (C=O) groups is 1. The van der Waals surface area contributed by atoms with Crippen LogP contribution in [0.15, 0.2) is 51.4 Å². The molecule has 1 fully saturated rings. The molecule has 27 heavy (non-hydrogen) atoms. The zero-order valence-corrected chi connectivity index (χ0v) is 19.0. The van der Waals surface area contributed by atoms with E-state index in [1.54, 1.807) is 4.90 Å². The van der Waals surface area contributed by atoms with Gasteiger partial charge in [0.1, 0.15) is 5.75 Å². The van der Waals surface area contributed by atoms with Crippen LogP contribution in [0, 0.1) is 0 Å². The van der Waals surface area contributed by atoms with E-state index >= 15 is 0 Å². The average molecular weight is 494 g/mol. The van der Waals surface area contributed by atoms with Gasteiger partial charge in [-0.05, 0) is 66.5 Å². The summed E-state index contributed by atoms with van der Waals surface area (Å²) in [5.41, 5.74) is 0.654. The number of nitrogens with zero attached hydrogens (tertiary/aromatic N) is 2. The SMILES string of the molecule is CN1C(=O)[C@@]2(Oc3c(Br)cc(Br)cc3C[C@@H]2c2ccccc2)N(C)C1(C)C. The number of rotatable bonds is 1. The number of fused-ring (bicyclic) bond motifs is 1. The molecular formula is C21H22Br2N2O2. The van der Waals surface area contributed by atoms with Crippen LogP contribution < -0.4 is 4.74 Å². The molecule has 2 aliphatic rings. The van der Waals surface area contributed by atoms with E-state index in [2.05, 4.69) is 68.8 Å². The second kappa shape index (κ2) is 6.33. The first-order valence-corrected chi connectivity index (χ1v) is 10.5. The van der Waals surface area contributed by atoms with E-state index in [9.17, 15) is 4.79 Å². The first-order valence-electron chi connectivity index (χ1n) is 8.93. The Balaban J connectivity index is 1.96. The molecule has 1 spiro atoms. The monoisotopic (exact) mass is 492 g/mol. The van der Waals surface area contributed by atoms with Gasteiger partial charge in [0.15, 0.2) is 0 Å². The first kappa shape index (κ1) is 19.0. The van der Waals surface area contributed by atoms with Gasteiger partial charge < -0.3 is 9.64 Å². The first-order chi connectivity index (χ1) is 12.7. The molecule has 2 aromatic rings. The van der Waals surface area contributed by atoms with E-state index in [1.165, 1.54) is 0 Å². The summed E-state index contributed by atoms with van der Waals surface area (Å²) in [6, 6.07) is 14.2. The molecule has 2 heterocycles. The molecule has 142 valence electrons. The third kappa shape index (κ3) is 2.60. The number of hydrogen-bond donors (Lipinski definition) is 0. The molecular weight excluding hydrogens is 472 g/mol. The molecule has 6 heteroatoms. The van der Waals surface area contributed by atoms with Crippen molar-refractivity contribution in [3.8, 4) is 5.75 Å². The van der Waals surface area contributed by atoms with Crippen LogP contribution in [0.5, 0.6) is 5.75 Å². The zero-order valence-electron chi connectivity index (χ0n) is 15.8. The fourth-order valence-corrected chi connectivity index (χ4v) is 5.65. The highest BCUT2D eigenvalue weighted by molar-refractivity contribution is 9.11. The maximum absolute atomic E-state index is 13.6. The molecule has 2 atom stereocenters. The van der Waals surface area contributed by atoms with Crippen molar-refractivity contribution >= 4 is 37.8 Å². The molecule has 2 aliphatic heterocycles. The zero-order chi connectivity index (χ0) is 19.6. The molecule has 4 rings (SSSR count). The lowest BCUT2D eigenvalue weighted by Gasteiger charge is -2.46. The standard InChI is InChI=1S/C21H22Br2N2O2/c1-20(2)24(3)19(26)21(25(20)4)16(13-8-6-5-7-9-13)11-14-10-15(22)12-17(23)18(14)27-21/h5-10,12,16H,11H2,1-4H3/t16-,21-/m1/s1. The van der Waals surface area contributed by atoms with Gasteiger partial charge in [-0.15, -0.1) is 0 Å². The van der Waals surface area contributed by atoms with Crippen molar-refractivity contribution in [3.63, 3.8) is 0 Å². The number of hydrogen-bond acceptors (Lipinski definition) is 3. The van der Waals surface area contributed by atoms with E-state index in [0.29, 0.717) is 0 Å². The highest BCUT2D eigenvalue weighted by Gasteiger charge is 2.66. The number of likely N-dealkylation sites (N-methyl/N-ethyl adjacent to an activating group) is 2. The van der Waals surface area contributed by atoms with Crippen LogP contribution in [-0.4, -0.2) is 41.2 Å². The fraction of sp³-hybridized carbons (Fsp3) is 0.381. The van der Waals surface area contributed by atoms with Gasteiger partial charge in [0.05, 0.1) is 16.1 Å². The van der Waals surface area contributed by atoms with E-state index in [4.69, 9.17) is 4.74 Å². The molecule has 0 aromatic heterocycles. The Kier molecular flexibility index (Phi) is 4.44. The minimum absolute atomic E-state index is 0.00989. The highest BCUT2D eigenvalue weighted by atomic mass is 79.9. The van der Waals surface area contributed by atoms with Gasteiger partial charge in [-0.3, -0.25) is 4.79 Å². The lowest BCUT2D eigenvalue weighted by Crippen LogP contribution is -2.61. The third-order valence-electron chi connectivity index (χ3n) is 6.19. The van der Waals surface area contributed by atoms with Crippen molar-refractivity contribution in [3.05, 3.63) is 62.5 Å². The number of amides is 1. The van der Waals surface area contributed by atoms with E-state index in [-0.39, 0.29) is 11.8 Å². The maximum Gasteiger partial charge on any atom is 0.284 e. The highest BCUT2D eigenvalue weighted by Crippen LogP contribution is 2.52. The van der Waals surface area contributed by atoms with Crippen LogP contribution in [0.1, 0.15) is 30.9 Å². The van der Waals surface area contributed by atoms with Gasteiger partial charge in [0, 0.05) is 11.5 Å². The number of halogens is 2. The Hall–Kier alpha value is -1.37. The summed E-state index contributed by atoms with van der Waals surface area (Å²) in [4.78, 5) is 17.5. The fourth-order valence-electron chi connectivity index (χ4n) is 4.25. The van der Waals surface area contributed by atoms with Crippen LogP contribution in [-0.2, 0) is 11.2 Å². The minimum Gasteiger partial charge on any atom is -0.461 e. The van der Waals surface area contributed by atoms with Crippen LogP contribution in [0.25, 0.3) is 0 Å². The Morgan fingerprint density at radius 1 is 1.11 bits per heavy atom. The lowest BCUT2D eigenvalue weighted by atomic mass is 9.79. The molecule has 0 radical (unpaired) electrons. The predicted molar refractivity (Wildman–Crippen MR) is 113 cm³/mol. The molecule has 1 saturated heterocycles. The lowest BCUT2D eigenvalue weighted by molar-refractivity contribution is -0.153. The van der Waals surface area contributed by atoms with Crippen molar-refractivity contribution in [2.75, 3.05) is 14.1 Å². The molecule has 1 amide bonds. The summed E-state index contributed by atoms with van der Waals surface area (Å²) >= 11 is 7.20. The van der Waals surface area contributed by atoms with Crippen LogP contribution in [0.2, 0.25) is 0 Å². The number of ether oxygens (including phenoxy) is 1. The van der Waals surface area contributed by atoms with Crippen LogP contribution >= 0.6 is 31.9 Å². The average Bonchev–Trinajstić information content (AvgIpc) is 2.76. The Labute approximate surface area is 176 Å². The third-order valence-corrected chi connectivity index (χ3v) is 7.24. The molecule has 0 N–H and O–H groups in total. The van der Waals surface area contributed by atoms with Gasteiger partial charge in [-0.25, -0.2) is 4.90 Å². The topological polar surface area (TPSA) is 32.8 Å². The molecule has 0 unspecified atom stereocenters. The van der Waals surface area contributed by atoms with E-state index in [0.717, 1.165) is 32.2 Å². The van der Waals surface area contributed by atoms with Gasteiger partial charge >= 0.3 is 0 Å². The summed E-state index contributed by atoms with van der Waals surface area (Å²) in [6.45, 7) is 4.11. The van der Waals surface area contributed by atoms with Gasteiger partial charge in [0.25, 0.3) is 11.6 Å². The van der Waals surface area contributed by atoms with Crippen molar-refractivity contribution in [1.29, 1.82) is 0 Å². The largest absolute Gasteiger partial charge is 0.461 e. The maximum atomic E-state index is 13.6. The molecule has 4 nitrogen and oxygen atoms in total. The van der Waals surface area contributed by atoms with Crippen LogP contribution in [0.4, 0.5) is 0 Å². The normalized spacial score (nSPS) is 27.0. The smallest absolute Gasteiger partial charge is 0.284 e.